The molecule has 2 N–H and O–H groups in total. The molecule has 1 aromatic heterocycles. The number of halogens is 1. The highest BCUT2D eigenvalue weighted by Gasteiger charge is 2.32. The second-order valence-electron chi connectivity index (χ2n) is 8.78. The molecule has 176 valence electrons. The van der Waals surface area contributed by atoms with Gasteiger partial charge in [0.15, 0.2) is 0 Å². The number of nitrogens with zero attached hydrogens (tertiary/aromatic N) is 2. The lowest BCUT2D eigenvalue weighted by atomic mass is 9.96. The predicted octanol–water partition coefficient (Wildman–Crippen LogP) is 3.43. The monoisotopic (exact) mass is 532 g/mol. The normalized spacial score (nSPS) is 19.2. The molecule has 2 aromatic rings. The minimum atomic E-state index is -0.244. The van der Waals surface area contributed by atoms with E-state index in [0.29, 0.717) is 22.9 Å². The van der Waals surface area contributed by atoms with Crippen LogP contribution in [-0.2, 0) is 4.79 Å². The second kappa shape index (κ2) is 10.4. The van der Waals surface area contributed by atoms with Crippen molar-refractivity contribution < 1.29 is 14.4 Å². The number of carbonyl (C=O) groups excluding carboxylic acids is 3. The Morgan fingerprint density at radius 3 is 2.58 bits per heavy atom. The van der Waals surface area contributed by atoms with Crippen molar-refractivity contribution in [3.63, 3.8) is 0 Å². The van der Waals surface area contributed by atoms with Crippen LogP contribution in [0.2, 0.25) is 0 Å². The molecule has 3 amide bonds. The molecule has 2 aliphatic heterocycles. The van der Waals surface area contributed by atoms with Crippen LogP contribution in [0.4, 0.5) is 5.69 Å². The summed E-state index contributed by atoms with van der Waals surface area (Å²) in [5, 5.41) is 6.18. The molecule has 7 nitrogen and oxygen atoms in total. The topological polar surface area (TPSA) is 81.8 Å². The lowest BCUT2D eigenvalue weighted by Crippen LogP contribution is -2.40. The van der Waals surface area contributed by atoms with Crippen molar-refractivity contribution in [3.05, 3.63) is 50.1 Å². The number of rotatable bonds is 6. The molecule has 1 aromatic carbocycles. The first-order chi connectivity index (χ1) is 15.9. The quantitative estimate of drug-likeness (QED) is 0.597. The van der Waals surface area contributed by atoms with Crippen LogP contribution in [0.15, 0.2) is 34.1 Å². The van der Waals surface area contributed by atoms with Crippen LogP contribution in [0, 0.1) is 12.8 Å². The van der Waals surface area contributed by atoms with E-state index < -0.39 is 0 Å². The molecule has 0 radical (unpaired) electrons. The maximum absolute atomic E-state index is 13.1. The molecule has 2 saturated heterocycles. The van der Waals surface area contributed by atoms with Crippen LogP contribution in [-0.4, -0.2) is 61.9 Å². The van der Waals surface area contributed by atoms with Gasteiger partial charge in [0.25, 0.3) is 11.8 Å². The fraction of sp³-hybridized carbons (Fsp3) is 0.458. The van der Waals surface area contributed by atoms with Crippen molar-refractivity contribution >= 4 is 50.7 Å². The third-order valence-corrected chi connectivity index (χ3v) is 8.03. The first-order valence-electron chi connectivity index (χ1n) is 11.3. The lowest BCUT2D eigenvalue weighted by molar-refractivity contribution is -0.117. The van der Waals surface area contributed by atoms with Gasteiger partial charge in [-0.05, 0) is 91.1 Å². The van der Waals surface area contributed by atoms with Crippen molar-refractivity contribution in [1.29, 1.82) is 0 Å². The van der Waals surface area contributed by atoms with Crippen LogP contribution in [0.1, 0.15) is 44.9 Å². The Kier molecular flexibility index (Phi) is 7.51. The number of thiophene rings is 1. The van der Waals surface area contributed by atoms with Crippen LogP contribution >= 0.6 is 27.3 Å². The zero-order chi connectivity index (χ0) is 23.5. The number of benzene rings is 1. The molecule has 0 saturated carbocycles. The van der Waals surface area contributed by atoms with Gasteiger partial charge in [0.05, 0.1) is 14.7 Å². The first kappa shape index (κ1) is 23.9. The third-order valence-electron chi connectivity index (χ3n) is 6.40. The number of hydrogen-bond donors (Lipinski definition) is 2. The van der Waals surface area contributed by atoms with Crippen molar-refractivity contribution in [2.24, 2.45) is 5.92 Å². The van der Waals surface area contributed by atoms with Crippen molar-refractivity contribution in [1.82, 2.24) is 15.5 Å². The van der Waals surface area contributed by atoms with E-state index in [1.54, 1.807) is 11.0 Å². The minimum absolute atomic E-state index is 0.0299. The zero-order valence-electron chi connectivity index (χ0n) is 18.9. The first-order valence-corrected chi connectivity index (χ1v) is 12.9. The maximum Gasteiger partial charge on any atom is 0.261 e. The molecule has 2 aliphatic rings. The molecule has 3 heterocycles. The average Bonchev–Trinajstić information content (AvgIpc) is 3.39. The highest BCUT2D eigenvalue weighted by molar-refractivity contribution is 9.11. The number of carbonyl (C=O) groups is 3. The molecule has 0 spiro atoms. The van der Waals surface area contributed by atoms with Gasteiger partial charge in [-0.15, -0.1) is 11.3 Å². The summed E-state index contributed by atoms with van der Waals surface area (Å²) in [5.74, 6) is 0.485. The molecule has 9 heteroatoms. The summed E-state index contributed by atoms with van der Waals surface area (Å²) in [5.41, 5.74) is 2.31. The highest BCUT2D eigenvalue weighted by Crippen LogP contribution is 2.27. The van der Waals surface area contributed by atoms with Gasteiger partial charge >= 0.3 is 0 Å². The number of anilines is 1. The smallest absolute Gasteiger partial charge is 0.261 e. The van der Waals surface area contributed by atoms with Gasteiger partial charge < -0.3 is 20.4 Å². The number of amides is 3. The SMILES string of the molecule is CNCC1CCN(C(=O)c2ccc(N3CC(NC(=O)c4ccc(Br)s4)CC3=O)cc2C)CC1. The Morgan fingerprint density at radius 2 is 1.94 bits per heavy atom. The summed E-state index contributed by atoms with van der Waals surface area (Å²) in [7, 11) is 1.96. The Morgan fingerprint density at radius 1 is 1.18 bits per heavy atom. The number of likely N-dealkylation sites (tertiary alicyclic amines) is 1. The number of aryl methyl sites for hydroxylation is 1. The standard InChI is InChI=1S/C24H29BrN4O3S/c1-15-11-18(3-4-19(15)24(32)28-9-7-16(8-10-28)13-26-2)29-14-17(12-22(29)30)27-23(31)20-5-6-21(25)33-20/h3-6,11,16-17,26H,7-10,12-14H2,1-2H3,(H,27,31). The number of piperidine rings is 1. The summed E-state index contributed by atoms with van der Waals surface area (Å²) in [6, 6.07) is 8.93. The van der Waals surface area contributed by atoms with Gasteiger partial charge in [0, 0.05) is 37.3 Å². The van der Waals surface area contributed by atoms with E-state index in [0.717, 1.165) is 47.5 Å². The highest BCUT2D eigenvalue weighted by atomic mass is 79.9. The van der Waals surface area contributed by atoms with Gasteiger partial charge in [0.1, 0.15) is 0 Å². The van der Waals surface area contributed by atoms with Crippen molar-refractivity contribution in [2.45, 2.75) is 32.2 Å². The Balaban J connectivity index is 1.39. The van der Waals surface area contributed by atoms with Crippen molar-refractivity contribution in [2.75, 3.05) is 38.1 Å². The summed E-state index contributed by atoms with van der Waals surface area (Å²) in [6.45, 7) is 4.88. The number of hydrogen-bond acceptors (Lipinski definition) is 5. The van der Waals surface area contributed by atoms with Crippen LogP contribution in [0.25, 0.3) is 0 Å². The van der Waals surface area contributed by atoms with Gasteiger partial charge in [-0.1, -0.05) is 0 Å². The fourth-order valence-electron chi connectivity index (χ4n) is 4.60. The van der Waals surface area contributed by atoms with Crippen LogP contribution in [0.3, 0.4) is 0 Å². The molecule has 4 rings (SSSR count). The van der Waals surface area contributed by atoms with E-state index >= 15 is 0 Å². The second-order valence-corrected chi connectivity index (χ2v) is 11.2. The Labute approximate surface area is 206 Å². The van der Waals surface area contributed by atoms with E-state index in [4.69, 9.17) is 0 Å². The van der Waals surface area contributed by atoms with E-state index in [9.17, 15) is 14.4 Å². The summed E-state index contributed by atoms with van der Waals surface area (Å²) >= 11 is 4.73. The van der Waals surface area contributed by atoms with Gasteiger partial charge in [0.2, 0.25) is 5.91 Å². The van der Waals surface area contributed by atoms with E-state index in [1.807, 2.05) is 43.1 Å². The zero-order valence-corrected chi connectivity index (χ0v) is 21.3. The molecule has 0 bridgehead atoms. The average molecular weight is 533 g/mol. The minimum Gasteiger partial charge on any atom is -0.346 e. The summed E-state index contributed by atoms with van der Waals surface area (Å²) in [6.07, 6.45) is 2.29. The van der Waals surface area contributed by atoms with Gasteiger partial charge in [-0.2, -0.15) is 0 Å². The molecule has 33 heavy (non-hydrogen) atoms. The van der Waals surface area contributed by atoms with E-state index in [2.05, 4.69) is 26.6 Å². The molecule has 1 unspecified atom stereocenters. The summed E-state index contributed by atoms with van der Waals surface area (Å²) in [4.78, 5) is 42.4. The van der Waals surface area contributed by atoms with E-state index in [-0.39, 0.29) is 30.2 Å². The predicted molar refractivity (Wildman–Crippen MR) is 134 cm³/mol. The van der Waals surface area contributed by atoms with Crippen LogP contribution in [0.5, 0.6) is 0 Å². The molecule has 1 atom stereocenters. The largest absolute Gasteiger partial charge is 0.346 e. The van der Waals surface area contributed by atoms with Gasteiger partial charge in [-0.3, -0.25) is 14.4 Å². The molecular formula is C24H29BrN4O3S. The fourth-order valence-corrected chi connectivity index (χ4v) is 5.89. The molecule has 0 aliphatic carbocycles. The molecular weight excluding hydrogens is 504 g/mol. The lowest BCUT2D eigenvalue weighted by Gasteiger charge is -2.32. The Bertz CT molecular complexity index is 1050. The van der Waals surface area contributed by atoms with E-state index in [1.165, 1.54) is 11.3 Å². The maximum atomic E-state index is 13.1. The summed E-state index contributed by atoms with van der Waals surface area (Å²) < 4.78 is 0.893. The third kappa shape index (κ3) is 5.47. The van der Waals surface area contributed by atoms with Gasteiger partial charge in [-0.25, -0.2) is 0 Å². The molecule has 2 fully saturated rings. The van der Waals surface area contributed by atoms with Crippen molar-refractivity contribution in [3.8, 4) is 0 Å². The Hall–Kier alpha value is -2.23. The number of nitrogens with one attached hydrogen (secondary N) is 2. The van der Waals surface area contributed by atoms with Crippen LogP contribution < -0.4 is 15.5 Å².